The highest BCUT2D eigenvalue weighted by Gasteiger charge is 2.27. The molecule has 5 nitrogen and oxygen atoms in total. The van der Waals surface area contributed by atoms with Crippen molar-refractivity contribution in [2.24, 2.45) is 5.92 Å². The number of aryl methyl sites for hydroxylation is 1. The summed E-state index contributed by atoms with van der Waals surface area (Å²) in [6, 6.07) is 4.57. The SMILES string of the molecule is Cc1ccc(S(C)(=O)=O)cc1NC(=O)C1NCCCC1C. The molecule has 21 heavy (non-hydrogen) atoms. The summed E-state index contributed by atoms with van der Waals surface area (Å²) >= 11 is 0. The number of nitrogens with one attached hydrogen (secondary N) is 2. The van der Waals surface area contributed by atoms with E-state index in [1.165, 1.54) is 6.07 Å². The molecule has 0 aromatic heterocycles. The van der Waals surface area contributed by atoms with Crippen LogP contribution < -0.4 is 10.6 Å². The average molecular weight is 310 g/mol. The zero-order valence-corrected chi connectivity index (χ0v) is 13.5. The predicted molar refractivity (Wildman–Crippen MR) is 83.1 cm³/mol. The van der Waals surface area contributed by atoms with E-state index in [1.807, 2.05) is 6.92 Å². The number of sulfone groups is 1. The van der Waals surface area contributed by atoms with Crippen molar-refractivity contribution in [3.8, 4) is 0 Å². The highest BCUT2D eigenvalue weighted by atomic mass is 32.2. The smallest absolute Gasteiger partial charge is 0.241 e. The van der Waals surface area contributed by atoms with Gasteiger partial charge >= 0.3 is 0 Å². The Balaban J connectivity index is 2.20. The monoisotopic (exact) mass is 310 g/mol. The summed E-state index contributed by atoms with van der Waals surface area (Å²) in [6.45, 7) is 4.74. The van der Waals surface area contributed by atoms with Crippen molar-refractivity contribution in [1.82, 2.24) is 5.32 Å². The molecule has 0 bridgehead atoms. The molecule has 0 radical (unpaired) electrons. The van der Waals surface area contributed by atoms with Crippen LogP contribution in [-0.4, -0.2) is 33.2 Å². The van der Waals surface area contributed by atoms with E-state index in [4.69, 9.17) is 0 Å². The van der Waals surface area contributed by atoms with Gasteiger partial charge in [0.25, 0.3) is 0 Å². The van der Waals surface area contributed by atoms with Gasteiger partial charge in [0.2, 0.25) is 5.91 Å². The minimum absolute atomic E-state index is 0.101. The zero-order chi connectivity index (χ0) is 15.6. The van der Waals surface area contributed by atoms with Gasteiger partial charge in [-0.2, -0.15) is 0 Å². The number of benzene rings is 1. The van der Waals surface area contributed by atoms with E-state index in [1.54, 1.807) is 12.1 Å². The second-order valence-corrected chi connectivity index (χ2v) is 7.81. The van der Waals surface area contributed by atoms with Gasteiger partial charge in [-0.25, -0.2) is 8.42 Å². The summed E-state index contributed by atoms with van der Waals surface area (Å²) in [5, 5.41) is 6.08. The van der Waals surface area contributed by atoms with Crippen LogP contribution in [0.2, 0.25) is 0 Å². The third-order valence-electron chi connectivity index (χ3n) is 3.95. The van der Waals surface area contributed by atoms with Gasteiger partial charge in [0.15, 0.2) is 9.84 Å². The first-order chi connectivity index (χ1) is 9.79. The number of rotatable bonds is 3. The zero-order valence-electron chi connectivity index (χ0n) is 12.6. The molecule has 1 aromatic rings. The molecule has 1 aliphatic heterocycles. The van der Waals surface area contributed by atoms with Gasteiger partial charge in [0.05, 0.1) is 10.9 Å². The Bertz CT molecular complexity index is 640. The Morgan fingerprint density at radius 2 is 2.10 bits per heavy atom. The minimum Gasteiger partial charge on any atom is -0.324 e. The van der Waals surface area contributed by atoms with Crippen molar-refractivity contribution in [3.63, 3.8) is 0 Å². The molecule has 1 aliphatic rings. The summed E-state index contributed by atoms with van der Waals surface area (Å²) in [7, 11) is -3.28. The molecule has 1 heterocycles. The summed E-state index contributed by atoms with van der Waals surface area (Å²) in [5.74, 6) is 0.174. The Kier molecular flexibility index (Phi) is 4.68. The van der Waals surface area contributed by atoms with Crippen molar-refractivity contribution < 1.29 is 13.2 Å². The van der Waals surface area contributed by atoms with Crippen LogP contribution in [0.1, 0.15) is 25.3 Å². The van der Waals surface area contributed by atoms with Crippen LogP contribution >= 0.6 is 0 Å². The standard InChI is InChI=1S/C15H22N2O3S/c1-10-6-7-12(21(3,19)20)9-13(10)17-15(18)14-11(2)5-4-8-16-14/h6-7,9,11,14,16H,4-5,8H2,1-3H3,(H,17,18). The van der Waals surface area contributed by atoms with Crippen LogP contribution in [0.3, 0.4) is 0 Å². The molecular formula is C15H22N2O3S. The fourth-order valence-corrected chi connectivity index (χ4v) is 3.22. The van der Waals surface area contributed by atoms with Crippen LogP contribution in [0, 0.1) is 12.8 Å². The summed E-state index contributed by atoms with van der Waals surface area (Å²) in [4.78, 5) is 12.6. The van der Waals surface area contributed by atoms with Gasteiger partial charge in [-0.1, -0.05) is 13.0 Å². The molecule has 116 valence electrons. The average Bonchev–Trinajstić information content (AvgIpc) is 2.40. The van der Waals surface area contributed by atoms with E-state index < -0.39 is 9.84 Å². The number of carbonyl (C=O) groups is 1. The Morgan fingerprint density at radius 3 is 2.71 bits per heavy atom. The van der Waals surface area contributed by atoms with Crippen LogP contribution in [0.5, 0.6) is 0 Å². The normalized spacial score (nSPS) is 22.8. The lowest BCUT2D eigenvalue weighted by atomic mass is 9.92. The first-order valence-electron chi connectivity index (χ1n) is 7.14. The fraction of sp³-hybridized carbons (Fsp3) is 0.533. The molecule has 1 aromatic carbocycles. The largest absolute Gasteiger partial charge is 0.324 e. The molecule has 2 atom stereocenters. The second-order valence-electron chi connectivity index (χ2n) is 5.79. The van der Waals surface area contributed by atoms with Crippen LogP contribution in [-0.2, 0) is 14.6 Å². The lowest BCUT2D eigenvalue weighted by Gasteiger charge is -2.29. The Labute approximate surface area is 126 Å². The van der Waals surface area contributed by atoms with E-state index in [9.17, 15) is 13.2 Å². The van der Waals surface area contributed by atoms with Crippen molar-refractivity contribution in [2.75, 3.05) is 18.1 Å². The Hall–Kier alpha value is -1.40. The number of carbonyl (C=O) groups excluding carboxylic acids is 1. The topological polar surface area (TPSA) is 75.3 Å². The van der Waals surface area contributed by atoms with E-state index >= 15 is 0 Å². The maximum atomic E-state index is 12.4. The molecule has 0 aliphatic carbocycles. The lowest BCUT2D eigenvalue weighted by Crippen LogP contribution is -2.48. The molecule has 6 heteroatoms. The van der Waals surface area contributed by atoms with Gasteiger partial charge in [0, 0.05) is 11.9 Å². The predicted octanol–water partition coefficient (Wildman–Crippen LogP) is 1.73. The third-order valence-corrected chi connectivity index (χ3v) is 5.06. The number of hydrogen-bond acceptors (Lipinski definition) is 4. The molecule has 2 unspecified atom stereocenters. The molecule has 0 saturated carbocycles. The summed E-state index contributed by atoms with van der Waals surface area (Å²) in [6.07, 6.45) is 3.26. The minimum atomic E-state index is -3.28. The highest BCUT2D eigenvalue weighted by molar-refractivity contribution is 7.90. The first kappa shape index (κ1) is 16.0. The third kappa shape index (κ3) is 3.83. The fourth-order valence-electron chi connectivity index (χ4n) is 2.58. The van der Waals surface area contributed by atoms with Crippen molar-refractivity contribution in [1.29, 1.82) is 0 Å². The second kappa shape index (κ2) is 6.15. The maximum Gasteiger partial charge on any atom is 0.241 e. The summed E-state index contributed by atoms with van der Waals surface area (Å²) in [5.41, 5.74) is 1.40. The number of amides is 1. The van der Waals surface area contributed by atoms with Crippen molar-refractivity contribution >= 4 is 21.4 Å². The van der Waals surface area contributed by atoms with Gasteiger partial charge in [-0.05, 0) is 49.9 Å². The Morgan fingerprint density at radius 1 is 1.38 bits per heavy atom. The van der Waals surface area contributed by atoms with Gasteiger partial charge in [0.1, 0.15) is 0 Å². The first-order valence-corrected chi connectivity index (χ1v) is 9.03. The molecular weight excluding hydrogens is 288 g/mol. The van der Waals surface area contributed by atoms with Gasteiger partial charge in [-0.15, -0.1) is 0 Å². The van der Waals surface area contributed by atoms with Crippen molar-refractivity contribution in [2.45, 2.75) is 37.6 Å². The quantitative estimate of drug-likeness (QED) is 0.891. The van der Waals surface area contributed by atoms with Crippen LogP contribution in [0.4, 0.5) is 5.69 Å². The molecule has 1 saturated heterocycles. The molecule has 1 fully saturated rings. The van der Waals surface area contributed by atoms with Gasteiger partial charge < -0.3 is 10.6 Å². The maximum absolute atomic E-state index is 12.4. The van der Waals surface area contributed by atoms with E-state index in [-0.39, 0.29) is 22.8 Å². The molecule has 2 rings (SSSR count). The van der Waals surface area contributed by atoms with E-state index in [0.29, 0.717) is 5.69 Å². The van der Waals surface area contributed by atoms with Crippen LogP contribution in [0.15, 0.2) is 23.1 Å². The highest BCUT2D eigenvalue weighted by Crippen LogP contribution is 2.22. The number of hydrogen-bond donors (Lipinski definition) is 2. The van der Waals surface area contributed by atoms with E-state index in [0.717, 1.165) is 31.2 Å². The van der Waals surface area contributed by atoms with Crippen molar-refractivity contribution in [3.05, 3.63) is 23.8 Å². The molecule has 0 spiro atoms. The number of piperidine rings is 1. The molecule has 1 amide bonds. The lowest BCUT2D eigenvalue weighted by molar-refractivity contribution is -0.119. The number of anilines is 1. The summed E-state index contributed by atoms with van der Waals surface area (Å²) < 4.78 is 23.2. The van der Waals surface area contributed by atoms with Gasteiger partial charge in [-0.3, -0.25) is 4.79 Å². The molecule has 2 N–H and O–H groups in total. The van der Waals surface area contributed by atoms with Crippen LogP contribution in [0.25, 0.3) is 0 Å². The van der Waals surface area contributed by atoms with E-state index in [2.05, 4.69) is 17.6 Å².